The van der Waals surface area contributed by atoms with Crippen molar-refractivity contribution in [3.63, 3.8) is 0 Å². The number of tetrazole rings is 1. The molecule has 3 rings (SSSR count). The third kappa shape index (κ3) is 2.98. The zero-order valence-corrected chi connectivity index (χ0v) is 12.4. The van der Waals surface area contributed by atoms with E-state index in [0.717, 1.165) is 37.4 Å². The Bertz CT molecular complexity index is 672. The van der Waals surface area contributed by atoms with Crippen molar-refractivity contribution in [1.82, 2.24) is 25.2 Å². The van der Waals surface area contributed by atoms with Crippen LogP contribution in [-0.4, -0.2) is 30.1 Å². The fourth-order valence-corrected chi connectivity index (χ4v) is 3.46. The molecule has 0 N–H and O–H groups in total. The van der Waals surface area contributed by atoms with Crippen LogP contribution in [0.5, 0.6) is 0 Å². The molecule has 21 heavy (non-hydrogen) atoms. The molecule has 0 amide bonds. The Hall–Kier alpha value is -1.74. The molecule has 1 aliphatic rings. The standard InChI is InChI=1S/C11H11ClN6O2S/c12-9-6-5-8(18(19)20)10(13-9)21-11-14-15-16-17(11)7-3-1-2-4-7/h5-7H,1-4H2. The summed E-state index contributed by atoms with van der Waals surface area (Å²) < 4.78 is 1.73. The quantitative estimate of drug-likeness (QED) is 0.483. The molecular weight excluding hydrogens is 316 g/mol. The van der Waals surface area contributed by atoms with Gasteiger partial charge in [-0.3, -0.25) is 10.1 Å². The first-order valence-electron chi connectivity index (χ1n) is 6.42. The van der Waals surface area contributed by atoms with E-state index >= 15 is 0 Å². The Morgan fingerprint density at radius 3 is 2.86 bits per heavy atom. The second-order valence-electron chi connectivity index (χ2n) is 4.66. The molecule has 110 valence electrons. The maximum atomic E-state index is 11.1. The SMILES string of the molecule is O=[N+]([O-])c1ccc(Cl)nc1Sc1nnnn1C1CCCC1. The van der Waals surface area contributed by atoms with E-state index in [0.29, 0.717) is 5.16 Å². The third-order valence-corrected chi connectivity index (χ3v) is 4.48. The van der Waals surface area contributed by atoms with Gasteiger partial charge >= 0.3 is 5.69 Å². The van der Waals surface area contributed by atoms with Gasteiger partial charge in [-0.05, 0) is 41.1 Å². The van der Waals surface area contributed by atoms with Gasteiger partial charge < -0.3 is 0 Å². The van der Waals surface area contributed by atoms with Crippen LogP contribution < -0.4 is 0 Å². The van der Waals surface area contributed by atoms with Crippen molar-refractivity contribution >= 4 is 29.1 Å². The van der Waals surface area contributed by atoms with Crippen molar-refractivity contribution < 1.29 is 4.92 Å². The summed E-state index contributed by atoms with van der Waals surface area (Å²) in [6.07, 6.45) is 4.32. The number of halogens is 1. The van der Waals surface area contributed by atoms with Gasteiger partial charge in [0, 0.05) is 6.07 Å². The summed E-state index contributed by atoms with van der Waals surface area (Å²) in [5, 5.41) is 23.6. The molecule has 0 unspecified atom stereocenters. The van der Waals surface area contributed by atoms with Crippen molar-refractivity contribution in [2.75, 3.05) is 0 Å². The zero-order valence-electron chi connectivity index (χ0n) is 10.8. The first-order valence-corrected chi connectivity index (χ1v) is 7.61. The van der Waals surface area contributed by atoms with Gasteiger partial charge in [0.05, 0.1) is 11.0 Å². The zero-order chi connectivity index (χ0) is 14.8. The lowest BCUT2D eigenvalue weighted by molar-refractivity contribution is -0.388. The molecule has 0 atom stereocenters. The van der Waals surface area contributed by atoms with E-state index in [1.807, 2.05) is 0 Å². The van der Waals surface area contributed by atoms with Gasteiger partial charge in [0.1, 0.15) is 5.15 Å². The van der Waals surface area contributed by atoms with Crippen LogP contribution in [0.25, 0.3) is 0 Å². The number of pyridine rings is 1. The third-order valence-electron chi connectivity index (χ3n) is 3.32. The van der Waals surface area contributed by atoms with Crippen LogP contribution in [0.4, 0.5) is 5.69 Å². The van der Waals surface area contributed by atoms with Gasteiger partial charge in [-0.2, -0.15) is 0 Å². The highest BCUT2D eigenvalue weighted by molar-refractivity contribution is 7.99. The van der Waals surface area contributed by atoms with E-state index in [1.165, 1.54) is 12.1 Å². The summed E-state index contributed by atoms with van der Waals surface area (Å²) in [5.41, 5.74) is -0.106. The summed E-state index contributed by atoms with van der Waals surface area (Å²) in [7, 11) is 0. The Balaban J connectivity index is 1.92. The van der Waals surface area contributed by atoms with Gasteiger partial charge in [-0.25, -0.2) is 9.67 Å². The van der Waals surface area contributed by atoms with Crippen molar-refractivity contribution in [1.29, 1.82) is 0 Å². The van der Waals surface area contributed by atoms with Gasteiger partial charge in [0.2, 0.25) is 5.16 Å². The molecule has 0 saturated heterocycles. The Morgan fingerprint density at radius 1 is 1.38 bits per heavy atom. The fraction of sp³-hybridized carbons (Fsp3) is 0.455. The van der Waals surface area contributed by atoms with Crippen molar-refractivity contribution in [3.05, 3.63) is 27.4 Å². The second-order valence-corrected chi connectivity index (χ2v) is 6.00. The molecule has 2 heterocycles. The normalized spacial score (nSPS) is 15.5. The number of hydrogen-bond donors (Lipinski definition) is 0. The van der Waals surface area contributed by atoms with E-state index in [9.17, 15) is 10.1 Å². The molecule has 0 aliphatic heterocycles. The molecule has 8 nitrogen and oxygen atoms in total. The highest BCUT2D eigenvalue weighted by Crippen LogP contribution is 2.36. The first-order chi connectivity index (χ1) is 10.1. The monoisotopic (exact) mass is 326 g/mol. The summed E-state index contributed by atoms with van der Waals surface area (Å²) in [5.74, 6) is 0. The maximum Gasteiger partial charge on any atom is 0.301 e. The van der Waals surface area contributed by atoms with Crippen molar-refractivity contribution in [2.45, 2.75) is 41.9 Å². The summed E-state index contributed by atoms with van der Waals surface area (Å²) >= 11 is 6.89. The van der Waals surface area contributed by atoms with E-state index in [4.69, 9.17) is 11.6 Å². The predicted molar refractivity (Wildman–Crippen MR) is 75.3 cm³/mol. The van der Waals surface area contributed by atoms with Gasteiger partial charge in [0.25, 0.3) is 0 Å². The maximum absolute atomic E-state index is 11.1. The van der Waals surface area contributed by atoms with E-state index in [1.54, 1.807) is 4.68 Å². The molecule has 1 fully saturated rings. The predicted octanol–water partition coefficient (Wildman–Crippen LogP) is 2.90. The molecule has 1 aliphatic carbocycles. The van der Waals surface area contributed by atoms with Gasteiger partial charge in [0.15, 0.2) is 5.03 Å². The first kappa shape index (κ1) is 14.2. The lowest BCUT2D eigenvalue weighted by Gasteiger charge is -2.10. The minimum absolute atomic E-state index is 0.106. The number of hydrogen-bond acceptors (Lipinski definition) is 7. The molecule has 0 aromatic carbocycles. The molecule has 0 bridgehead atoms. The number of nitrogens with zero attached hydrogens (tertiary/aromatic N) is 6. The van der Waals surface area contributed by atoms with Crippen LogP contribution in [0.1, 0.15) is 31.7 Å². The molecule has 10 heteroatoms. The van der Waals surface area contributed by atoms with Crippen LogP contribution in [-0.2, 0) is 0 Å². The van der Waals surface area contributed by atoms with Crippen LogP contribution in [0, 0.1) is 10.1 Å². The lowest BCUT2D eigenvalue weighted by Crippen LogP contribution is -2.08. The van der Waals surface area contributed by atoms with Crippen LogP contribution in [0.15, 0.2) is 22.3 Å². The molecule has 0 spiro atoms. The van der Waals surface area contributed by atoms with Crippen LogP contribution >= 0.6 is 23.4 Å². The summed E-state index contributed by atoms with van der Waals surface area (Å²) in [6, 6.07) is 2.98. The minimum Gasteiger partial charge on any atom is -0.258 e. The number of aromatic nitrogens is 5. The topological polar surface area (TPSA) is 99.6 Å². The molecular formula is C11H11ClN6O2S. The molecule has 0 radical (unpaired) electrons. The van der Waals surface area contributed by atoms with Crippen molar-refractivity contribution in [3.8, 4) is 0 Å². The largest absolute Gasteiger partial charge is 0.301 e. The minimum atomic E-state index is -0.491. The molecule has 2 aromatic rings. The average Bonchev–Trinajstić information content (AvgIpc) is 3.08. The van der Waals surface area contributed by atoms with Crippen LogP contribution in [0.2, 0.25) is 5.15 Å². The molecule has 2 aromatic heterocycles. The fourth-order valence-electron chi connectivity index (χ4n) is 2.34. The van der Waals surface area contributed by atoms with Gasteiger partial charge in [-0.15, -0.1) is 5.10 Å². The second kappa shape index (κ2) is 5.94. The smallest absolute Gasteiger partial charge is 0.258 e. The summed E-state index contributed by atoms with van der Waals surface area (Å²) in [6.45, 7) is 0. The van der Waals surface area contributed by atoms with E-state index < -0.39 is 4.92 Å². The lowest BCUT2D eigenvalue weighted by atomic mass is 10.3. The Kier molecular flexibility index (Phi) is 4.02. The Morgan fingerprint density at radius 2 is 2.14 bits per heavy atom. The highest BCUT2D eigenvalue weighted by Gasteiger charge is 2.25. The van der Waals surface area contributed by atoms with E-state index in [2.05, 4.69) is 20.5 Å². The van der Waals surface area contributed by atoms with Crippen LogP contribution in [0.3, 0.4) is 0 Å². The van der Waals surface area contributed by atoms with E-state index in [-0.39, 0.29) is 21.9 Å². The summed E-state index contributed by atoms with van der Waals surface area (Å²) in [4.78, 5) is 14.6. The molecule has 1 saturated carbocycles. The van der Waals surface area contributed by atoms with Gasteiger partial charge in [-0.1, -0.05) is 24.4 Å². The Labute approximate surface area is 129 Å². The highest BCUT2D eigenvalue weighted by atomic mass is 35.5. The number of rotatable bonds is 4. The average molecular weight is 327 g/mol. The number of nitro groups is 1. The van der Waals surface area contributed by atoms with Crippen molar-refractivity contribution in [2.24, 2.45) is 0 Å².